The van der Waals surface area contributed by atoms with E-state index in [9.17, 15) is 9.90 Å². The van der Waals surface area contributed by atoms with Gasteiger partial charge in [0.05, 0.1) is 24.0 Å². The lowest BCUT2D eigenvalue weighted by Gasteiger charge is -2.21. The Morgan fingerprint density at radius 1 is 1.17 bits per heavy atom. The molecule has 0 aliphatic rings. The van der Waals surface area contributed by atoms with Gasteiger partial charge in [0.15, 0.2) is 0 Å². The molecule has 0 aliphatic carbocycles. The molecule has 1 N–H and O–H groups in total. The highest BCUT2D eigenvalue weighted by Crippen LogP contribution is 2.33. The number of aromatic nitrogens is 2. The van der Waals surface area contributed by atoms with Crippen molar-refractivity contribution in [3.63, 3.8) is 0 Å². The molecule has 0 saturated carbocycles. The van der Waals surface area contributed by atoms with E-state index in [4.69, 9.17) is 0 Å². The van der Waals surface area contributed by atoms with Crippen molar-refractivity contribution in [1.82, 2.24) is 14.9 Å². The zero-order valence-electron chi connectivity index (χ0n) is 14.9. The van der Waals surface area contributed by atoms with Crippen molar-refractivity contribution in [2.75, 3.05) is 7.05 Å². The van der Waals surface area contributed by atoms with E-state index in [1.54, 1.807) is 36.6 Å². The number of carbonyl (C=O) groups is 1. The summed E-state index contributed by atoms with van der Waals surface area (Å²) < 4.78 is 0. The largest absolute Gasteiger partial charge is 0.507 e. The zero-order chi connectivity index (χ0) is 17.9. The van der Waals surface area contributed by atoms with E-state index in [2.05, 4.69) is 23.8 Å². The maximum atomic E-state index is 12.8. The lowest BCUT2D eigenvalue weighted by molar-refractivity contribution is 0.0780. The lowest BCUT2D eigenvalue weighted by Crippen LogP contribution is -2.27. The molecular weight excluding hydrogens is 302 g/mol. The van der Waals surface area contributed by atoms with E-state index in [1.807, 2.05) is 19.9 Å². The molecular formula is C19H25N3O2. The third-order valence-corrected chi connectivity index (χ3v) is 4.04. The van der Waals surface area contributed by atoms with Crippen molar-refractivity contribution in [2.45, 2.75) is 46.1 Å². The van der Waals surface area contributed by atoms with Crippen LogP contribution in [0.5, 0.6) is 5.75 Å². The Balaban J connectivity index is 2.37. The van der Waals surface area contributed by atoms with E-state index in [0.29, 0.717) is 17.8 Å². The van der Waals surface area contributed by atoms with Crippen molar-refractivity contribution >= 4 is 5.91 Å². The molecule has 0 fully saturated rings. The van der Waals surface area contributed by atoms with Gasteiger partial charge in [-0.25, -0.2) is 0 Å². The predicted molar refractivity (Wildman–Crippen MR) is 94.1 cm³/mol. The number of amides is 1. The van der Waals surface area contributed by atoms with E-state index in [-0.39, 0.29) is 23.5 Å². The van der Waals surface area contributed by atoms with Crippen LogP contribution in [0, 0.1) is 0 Å². The smallest absolute Gasteiger partial charge is 0.257 e. The summed E-state index contributed by atoms with van der Waals surface area (Å²) >= 11 is 0. The van der Waals surface area contributed by atoms with Gasteiger partial charge in [-0.1, -0.05) is 33.8 Å². The van der Waals surface area contributed by atoms with Gasteiger partial charge in [0.1, 0.15) is 5.75 Å². The standard InChI is InChI=1S/C19H25N3O2/c1-12(2)14-8-16(13(3)4)18(23)17(9-14)19(24)22(5)11-15-10-20-6-7-21-15/h6-10,12-13,23H,11H2,1-5H3. The molecule has 5 nitrogen and oxygen atoms in total. The highest BCUT2D eigenvalue weighted by atomic mass is 16.3. The Morgan fingerprint density at radius 2 is 1.88 bits per heavy atom. The Kier molecular flexibility index (Phi) is 5.54. The van der Waals surface area contributed by atoms with E-state index in [0.717, 1.165) is 11.1 Å². The second-order valence-corrected chi connectivity index (χ2v) is 6.67. The summed E-state index contributed by atoms with van der Waals surface area (Å²) in [5, 5.41) is 10.6. The molecule has 0 aliphatic heterocycles. The predicted octanol–water partition coefficient (Wildman–Crippen LogP) is 3.70. The van der Waals surface area contributed by atoms with Crippen LogP contribution in [0.2, 0.25) is 0 Å². The molecule has 1 aromatic heterocycles. The molecule has 1 amide bonds. The molecule has 0 spiro atoms. The number of hydrogen-bond acceptors (Lipinski definition) is 4. The molecule has 2 rings (SSSR count). The first-order valence-electron chi connectivity index (χ1n) is 8.18. The van der Waals surface area contributed by atoms with Gasteiger partial charge in [-0.3, -0.25) is 14.8 Å². The van der Waals surface area contributed by atoms with E-state index < -0.39 is 0 Å². The fourth-order valence-corrected chi connectivity index (χ4v) is 2.55. The minimum Gasteiger partial charge on any atom is -0.507 e. The van der Waals surface area contributed by atoms with Crippen LogP contribution in [0.3, 0.4) is 0 Å². The second kappa shape index (κ2) is 7.43. The summed E-state index contributed by atoms with van der Waals surface area (Å²) in [4.78, 5) is 22.6. The van der Waals surface area contributed by atoms with E-state index in [1.165, 1.54) is 0 Å². The van der Waals surface area contributed by atoms with Crippen LogP contribution in [-0.2, 0) is 6.54 Å². The quantitative estimate of drug-likeness (QED) is 0.909. The van der Waals surface area contributed by atoms with Crippen molar-refractivity contribution in [3.8, 4) is 5.75 Å². The maximum Gasteiger partial charge on any atom is 0.257 e. The summed E-state index contributed by atoms with van der Waals surface area (Å²) in [5.74, 6) is 0.272. The number of aromatic hydroxyl groups is 1. The average molecular weight is 327 g/mol. The molecule has 24 heavy (non-hydrogen) atoms. The molecule has 1 aromatic carbocycles. The first-order valence-corrected chi connectivity index (χ1v) is 8.18. The van der Waals surface area contributed by atoms with Crippen LogP contribution < -0.4 is 0 Å². The highest BCUT2D eigenvalue weighted by molar-refractivity contribution is 5.97. The van der Waals surface area contributed by atoms with Crippen LogP contribution in [-0.4, -0.2) is 32.9 Å². The topological polar surface area (TPSA) is 66.3 Å². The van der Waals surface area contributed by atoms with Gasteiger partial charge in [-0.2, -0.15) is 0 Å². The number of rotatable bonds is 5. The summed E-state index contributed by atoms with van der Waals surface area (Å²) in [6.45, 7) is 8.52. The van der Waals surface area contributed by atoms with Crippen LogP contribution >= 0.6 is 0 Å². The first kappa shape index (κ1) is 17.9. The summed E-state index contributed by atoms with van der Waals surface area (Å²) in [7, 11) is 1.70. The average Bonchev–Trinajstić information content (AvgIpc) is 2.54. The van der Waals surface area contributed by atoms with Crippen LogP contribution in [0.4, 0.5) is 0 Å². The Labute approximate surface area is 143 Å². The number of carbonyl (C=O) groups excluding carboxylic acids is 1. The van der Waals surface area contributed by atoms with Crippen molar-refractivity contribution < 1.29 is 9.90 Å². The lowest BCUT2D eigenvalue weighted by atomic mass is 9.91. The summed E-state index contributed by atoms with van der Waals surface area (Å²) in [6.07, 6.45) is 4.83. The van der Waals surface area contributed by atoms with Gasteiger partial charge in [0.2, 0.25) is 0 Å². The van der Waals surface area contributed by atoms with Crippen LogP contribution in [0.25, 0.3) is 0 Å². The normalized spacial score (nSPS) is 11.1. The minimum absolute atomic E-state index is 0.0744. The van der Waals surface area contributed by atoms with Gasteiger partial charge in [0.25, 0.3) is 5.91 Å². The number of nitrogens with zero attached hydrogens (tertiary/aromatic N) is 3. The Bertz CT molecular complexity index is 712. The minimum atomic E-state index is -0.220. The number of hydrogen-bond donors (Lipinski definition) is 1. The number of phenols is 1. The van der Waals surface area contributed by atoms with Gasteiger partial charge in [-0.15, -0.1) is 0 Å². The fraction of sp³-hybridized carbons (Fsp3) is 0.421. The number of phenolic OH excluding ortho intramolecular Hbond substituents is 1. The molecule has 128 valence electrons. The van der Waals surface area contributed by atoms with Gasteiger partial charge >= 0.3 is 0 Å². The Hall–Kier alpha value is -2.43. The third kappa shape index (κ3) is 3.91. The summed E-state index contributed by atoms with van der Waals surface area (Å²) in [6, 6.07) is 3.78. The maximum absolute atomic E-state index is 12.8. The van der Waals surface area contributed by atoms with Crippen LogP contribution in [0.15, 0.2) is 30.7 Å². The molecule has 1 heterocycles. The third-order valence-electron chi connectivity index (χ3n) is 4.04. The molecule has 2 aromatic rings. The van der Waals surface area contributed by atoms with Gasteiger partial charge in [0, 0.05) is 19.4 Å². The van der Waals surface area contributed by atoms with Gasteiger partial charge in [-0.05, 0) is 29.0 Å². The van der Waals surface area contributed by atoms with Crippen molar-refractivity contribution in [1.29, 1.82) is 0 Å². The molecule has 0 radical (unpaired) electrons. The van der Waals surface area contributed by atoms with Gasteiger partial charge < -0.3 is 10.0 Å². The molecule has 0 unspecified atom stereocenters. The Morgan fingerprint density at radius 3 is 2.42 bits per heavy atom. The fourth-order valence-electron chi connectivity index (χ4n) is 2.55. The number of benzene rings is 1. The second-order valence-electron chi connectivity index (χ2n) is 6.67. The molecule has 5 heteroatoms. The van der Waals surface area contributed by atoms with Crippen molar-refractivity contribution in [3.05, 3.63) is 53.1 Å². The molecule has 0 atom stereocenters. The first-order chi connectivity index (χ1) is 11.3. The SMILES string of the molecule is CC(C)c1cc(C(=O)N(C)Cc2cnccn2)c(O)c(C(C)C)c1. The highest BCUT2D eigenvalue weighted by Gasteiger charge is 2.22. The molecule has 0 bridgehead atoms. The van der Waals surface area contributed by atoms with Crippen molar-refractivity contribution in [2.24, 2.45) is 0 Å². The monoisotopic (exact) mass is 327 g/mol. The zero-order valence-corrected chi connectivity index (χ0v) is 14.9. The van der Waals surface area contributed by atoms with E-state index >= 15 is 0 Å². The molecule has 0 saturated heterocycles. The van der Waals surface area contributed by atoms with Crippen LogP contribution in [0.1, 0.15) is 66.7 Å². The summed E-state index contributed by atoms with van der Waals surface area (Å²) in [5.41, 5.74) is 2.90.